The van der Waals surface area contributed by atoms with E-state index in [-0.39, 0.29) is 0 Å². The largest absolute Gasteiger partial charge is 0.459 e. The second kappa shape index (κ2) is 2.41. The third-order valence-corrected chi connectivity index (χ3v) is 1.71. The number of rotatable bonds is 1. The Morgan fingerprint density at radius 1 is 1.58 bits per heavy atom. The third-order valence-electron chi connectivity index (χ3n) is 1.71. The number of ether oxygens (including phenoxy) is 1. The van der Waals surface area contributed by atoms with Crippen LogP contribution in [0.15, 0.2) is 18.2 Å². The summed E-state index contributed by atoms with van der Waals surface area (Å²) in [6.45, 7) is 0. The van der Waals surface area contributed by atoms with Gasteiger partial charge in [0.1, 0.15) is 0 Å². The predicted octanol–water partition coefficient (Wildman–Crippen LogP) is 0.598. The number of carbonyl (C=O) groups excluding carboxylic acids is 1. The van der Waals surface area contributed by atoms with Crippen LogP contribution < -0.4 is 15.8 Å². The van der Waals surface area contributed by atoms with E-state index in [1.165, 1.54) is 0 Å². The topological polar surface area (TPSA) is 64.3 Å². The minimum atomic E-state index is -0.593. The fourth-order valence-corrected chi connectivity index (χ4v) is 1.17. The molecule has 1 unspecified atom stereocenters. The van der Waals surface area contributed by atoms with Crippen molar-refractivity contribution < 1.29 is 9.53 Å². The summed E-state index contributed by atoms with van der Waals surface area (Å²) in [6.07, 6.45) is 0.101. The molecule has 1 aromatic rings. The molecule has 1 aliphatic heterocycles. The molecule has 2 rings (SSSR count). The molecule has 0 fully saturated rings. The van der Waals surface area contributed by atoms with Gasteiger partial charge in [-0.15, -0.1) is 0 Å². The summed E-state index contributed by atoms with van der Waals surface area (Å²) in [7, 11) is 0. The Morgan fingerprint density at radius 3 is 3.08 bits per heavy atom. The quantitative estimate of drug-likeness (QED) is 0.471. The van der Waals surface area contributed by atoms with Gasteiger partial charge in [-0.1, -0.05) is 6.07 Å². The van der Waals surface area contributed by atoms with Crippen LogP contribution in [0.5, 0.6) is 5.75 Å². The van der Waals surface area contributed by atoms with E-state index in [0.717, 1.165) is 5.69 Å². The number of fused-ring (bicyclic) bond motifs is 1. The van der Waals surface area contributed by atoms with Crippen molar-refractivity contribution in [3.8, 4) is 5.75 Å². The number of carbonyl (C=O) groups is 1. The Balaban J connectivity index is 2.41. The van der Waals surface area contributed by atoms with Gasteiger partial charge in [-0.05, 0) is 12.1 Å². The second-order valence-electron chi connectivity index (χ2n) is 2.54. The summed E-state index contributed by atoms with van der Waals surface area (Å²) < 4.78 is 5.18. The molecule has 0 aromatic heterocycles. The first-order valence-corrected chi connectivity index (χ1v) is 3.58. The van der Waals surface area contributed by atoms with Gasteiger partial charge in [0.15, 0.2) is 12.0 Å². The number of benzene rings is 1. The van der Waals surface area contributed by atoms with Gasteiger partial charge in [-0.2, -0.15) is 0 Å². The Hall–Kier alpha value is -1.71. The average Bonchev–Trinajstić information content (AvgIpc) is 2.49. The molecule has 0 bridgehead atoms. The summed E-state index contributed by atoms with van der Waals surface area (Å²) in [4.78, 5) is 10.4. The average molecular weight is 164 g/mol. The van der Waals surface area contributed by atoms with Crippen LogP contribution in [0.3, 0.4) is 0 Å². The zero-order valence-electron chi connectivity index (χ0n) is 6.28. The van der Waals surface area contributed by atoms with Crippen molar-refractivity contribution >= 4 is 17.7 Å². The van der Waals surface area contributed by atoms with E-state index < -0.39 is 6.23 Å². The van der Waals surface area contributed by atoms with Crippen LogP contribution in [0.2, 0.25) is 0 Å². The molecule has 0 spiro atoms. The van der Waals surface area contributed by atoms with E-state index >= 15 is 0 Å². The van der Waals surface area contributed by atoms with Gasteiger partial charge < -0.3 is 15.8 Å². The first kappa shape index (κ1) is 6.97. The molecule has 4 heteroatoms. The monoisotopic (exact) mass is 164 g/mol. The number of nitrogen functional groups attached to an aromatic ring is 1. The maximum absolute atomic E-state index is 10.4. The van der Waals surface area contributed by atoms with Crippen LogP contribution in [0, 0.1) is 0 Å². The molecule has 12 heavy (non-hydrogen) atoms. The molecule has 0 saturated carbocycles. The van der Waals surface area contributed by atoms with Crippen molar-refractivity contribution in [2.75, 3.05) is 11.1 Å². The molecule has 0 aliphatic carbocycles. The van der Waals surface area contributed by atoms with E-state index in [1.807, 2.05) is 6.07 Å². The second-order valence-corrected chi connectivity index (χ2v) is 2.54. The van der Waals surface area contributed by atoms with E-state index in [0.29, 0.717) is 17.7 Å². The Kier molecular flexibility index (Phi) is 1.40. The predicted molar refractivity (Wildman–Crippen MR) is 45.0 cm³/mol. The lowest BCUT2D eigenvalue weighted by molar-refractivity contribution is -0.112. The first-order chi connectivity index (χ1) is 5.81. The van der Waals surface area contributed by atoms with Gasteiger partial charge in [-0.25, -0.2) is 0 Å². The summed E-state index contributed by atoms with van der Waals surface area (Å²) in [5, 5.41) is 2.85. The molecule has 0 saturated heterocycles. The Bertz CT molecular complexity index is 325. The SMILES string of the molecule is Nc1cccc2c1OC(C=O)N2. The van der Waals surface area contributed by atoms with E-state index in [9.17, 15) is 4.79 Å². The van der Waals surface area contributed by atoms with Gasteiger partial charge in [0.25, 0.3) is 0 Å². The lowest BCUT2D eigenvalue weighted by atomic mass is 10.2. The normalized spacial score (nSPS) is 19.2. The smallest absolute Gasteiger partial charge is 0.226 e. The molecule has 1 aromatic carbocycles. The lowest BCUT2D eigenvalue weighted by Crippen LogP contribution is -2.21. The third kappa shape index (κ3) is 0.887. The molecule has 1 atom stereocenters. The van der Waals surface area contributed by atoms with E-state index in [2.05, 4.69) is 5.32 Å². The molecule has 1 aliphatic rings. The zero-order valence-corrected chi connectivity index (χ0v) is 6.28. The van der Waals surface area contributed by atoms with Crippen LogP contribution in [0.4, 0.5) is 11.4 Å². The van der Waals surface area contributed by atoms with Crippen molar-refractivity contribution in [1.29, 1.82) is 0 Å². The number of hydrogen-bond donors (Lipinski definition) is 2. The van der Waals surface area contributed by atoms with Crippen LogP contribution in [0.1, 0.15) is 0 Å². The maximum Gasteiger partial charge on any atom is 0.226 e. The van der Waals surface area contributed by atoms with Gasteiger partial charge >= 0.3 is 0 Å². The molecule has 3 N–H and O–H groups in total. The van der Waals surface area contributed by atoms with E-state index in [4.69, 9.17) is 10.5 Å². The number of hydrogen-bond acceptors (Lipinski definition) is 4. The van der Waals surface area contributed by atoms with Crippen LogP contribution in [-0.4, -0.2) is 12.5 Å². The molecule has 1 heterocycles. The van der Waals surface area contributed by atoms with Gasteiger partial charge in [0, 0.05) is 0 Å². The highest BCUT2D eigenvalue weighted by molar-refractivity contribution is 5.77. The van der Waals surface area contributed by atoms with Crippen LogP contribution >= 0.6 is 0 Å². The Morgan fingerprint density at radius 2 is 2.42 bits per heavy atom. The van der Waals surface area contributed by atoms with E-state index in [1.54, 1.807) is 12.1 Å². The van der Waals surface area contributed by atoms with Crippen molar-refractivity contribution in [2.24, 2.45) is 0 Å². The van der Waals surface area contributed by atoms with Crippen LogP contribution in [-0.2, 0) is 4.79 Å². The molecular formula is C8H8N2O2. The number of nitrogens with two attached hydrogens (primary N) is 1. The fraction of sp³-hybridized carbons (Fsp3) is 0.125. The maximum atomic E-state index is 10.4. The number of para-hydroxylation sites is 1. The number of anilines is 2. The Labute approximate surface area is 69.3 Å². The van der Waals surface area contributed by atoms with Crippen molar-refractivity contribution in [1.82, 2.24) is 0 Å². The van der Waals surface area contributed by atoms with Crippen molar-refractivity contribution in [3.63, 3.8) is 0 Å². The number of aldehydes is 1. The molecule has 0 amide bonds. The van der Waals surface area contributed by atoms with Crippen molar-refractivity contribution in [2.45, 2.75) is 6.23 Å². The highest BCUT2D eigenvalue weighted by atomic mass is 16.5. The summed E-state index contributed by atoms with van der Waals surface area (Å²) in [6, 6.07) is 5.35. The van der Waals surface area contributed by atoms with Gasteiger partial charge in [0.05, 0.1) is 11.4 Å². The first-order valence-electron chi connectivity index (χ1n) is 3.58. The molecular weight excluding hydrogens is 156 g/mol. The molecule has 0 radical (unpaired) electrons. The van der Waals surface area contributed by atoms with Gasteiger partial charge in [-0.3, -0.25) is 4.79 Å². The molecule has 4 nitrogen and oxygen atoms in total. The standard InChI is InChI=1S/C8H8N2O2/c9-5-2-1-3-6-8(5)12-7(4-11)10-6/h1-4,7,10H,9H2. The lowest BCUT2D eigenvalue weighted by Gasteiger charge is -2.01. The summed E-state index contributed by atoms with van der Waals surface area (Å²) >= 11 is 0. The summed E-state index contributed by atoms with van der Waals surface area (Å²) in [5.74, 6) is 0.564. The molecule has 62 valence electrons. The van der Waals surface area contributed by atoms with Gasteiger partial charge in [0.2, 0.25) is 6.23 Å². The van der Waals surface area contributed by atoms with Crippen LogP contribution in [0.25, 0.3) is 0 Å². The highest BCUT2D eigenvalue weighted by Gasteiger charge is 2.22. The fourth-order valence-electron chi connectivity index (χ4n) is 1.17. The highest BCUT2D eigenvalue weighted by Crippen LogP contribution is 2.36. The number of nitrogens with one attached hydrogen (secondary N) is 1. The zero-order chi connectivity index (χ0) is 8.55. The minimum Gasteiger partial charge on any atom is -0.459 e. The minimum absolute atomic E-state index is 0.546. The van der Waals surface area contributed by atoms with Crippen molar-refractivity contribution in [3.05, 3.63) is 18.2 Å². The summed E-state index contributed by atoms with van der Waals surface area (Å²) in [5.41, 5.74) is 6.92.